The lowest BCUT2D eigenvalue weighted by molar-refractivity contribution is -0.385. The molecule has 2 heterocycles. The van der Waals surface area contributed by atoms with Gasteiger partial charge in [0, 0.05) is 17.1 Å². The number of nitro groups is 1. The maximum atomic E-state index is 10.9. The highest BCUT2D eigenvalue weighted by atomic mass is 32.1. The van der Waals surface area contributed by atoms with Crippen LogP contribution in [-0.2, 0) is 6.54 Å². The van der Waals surface area contributed by atoms with Gasteiger partial charge in [-0.05, 0) is 13.0 Å². The van der Waals surface area contributed by atoms with Crippen LogP contribution in [0.1, 0.15) is 11.4 Å². The lowest BCUT2D eigenvalue weighted by atomic mass is 10.3. The Morgan fingerprint density at radius 1 is 1.56 bits per heavy atom. The predicted octanol–water partition coefficient (Wildman–Crippen LogP) is 1.66. The van der Waals surface area contributed by atoms with E-state index in [0.717, 1.165) is 17.0 Å². The molecule has 0 unspecified atom stereocenters. The number of pyridine rings is 1. The fraction of sp³-hybridized carbons (Fsp3) is 0.200. The number of anilines is 1. The minimum absolute atomic E-state index is 0.00973. The third-order valence-corrected chi connectivity index (χ3v) is 3.00. The van der Waals surface area contributed by atoms with Crippen molar-refractivity contribution < 1.29 is 4.92 Å². The number of aromatic amines is 1. The Hall–Kier alpha value is -2.22. The van der Waals surface area contributed by atoms with Crippen LogP contribution in [0.25, 0.3) is 0 Å². The molecule has 18 heavy (non-hydrogen) atoms. The molecule has 2 N–H and O–H groups in total. The first-order valence-corrected chi connectivity index (χ1v) is 5.97. The Morgan fingerprint density at radius 2 is 2.33 bits per heavy atom. The summed E-state index contributed by atoms with van der Waals surface area (Å²) in [6.45, 7) is 2.00. The van der Waals surface area contributed by atoms with Crippen molar-refractivity contribution in [1.29, 1.82) is 0 Å². The number of thiazole rings is 1. The first-order chi connectivity index (χ1) is 8.56. The number of H-pyrrole nitrogens is 1. The Kier molecular flexibility index (Phi) is 3.38. The Labute approximate surface area is 106 Å². The monoisotopic (exact) mass is 266 g/mol. The third kappa shape index (κ3) is 2.72. The number of nitrogens with zero attached hydrogens (tertiary/aromatic N) is 2. The van der Waals surface area contributed by atoms with Crippen molar-refractivity contribution in [3.63, 3.8) is 0 Å². The topological polar surface area (TPSA) is 101 Å². The van der Waals surface area contributed by atoms with E-state index in [1.54, 1.807) is 12.3 Å². The quantitative estimate of drug-likeness (QED) is 0.647. The van der Waals surface area contributed by atoms with Gasteiger partial charge in [0.15, 0.2) is 0 Å². The van der Waals surface area contributed by atoms with Gasteiger partial charge in [-0.1, -0.05) is 11.3 Å². The van der Waals surface area contributed by atoms with E-state index in [9.17, 15) is 14.9 Å². The van der Waals surface area contributed by atoms with E-state index in [1.165, 1.54) is 12.1 Å². The van der Waals surface area contributed by atoms with Crippen LogP contribution in [0, 0.1) is 17.0 Å². The van der Waals surface area contributed by atoms with Crippen molar-refractivity contribution in [1.82, 2.24) is 9.97 Å². The fourth-order valence-electron chi connectivity index (χ4n) is 1.43. The van der Waals surface area contributed by atoms with E-state index < -0.39 is 4.92 Å². The zero-order valence-corrected chi connectivity index (χ0v) is 10.3. The number of hydrogen-bond donors (Lipinski definition) is 2. The van der Waals surface area contributed by atoms with Gasteiger partial charge in [0.25, 0.3) is 5.69 Å². The predicted molar refractivity (Wildman–Crippen MR) is 67.9 cm³/mol. The molecule has 0 aliphatic carbocycles. The summed E-state index contributed by atoms with van der Waals surface area (Å²) in [7, 11) is 0. The average Bonchev–Trinajstić information content (AvgIpc) is 2.72. The molecule has 0 saturated heterocycles. The lowest BCUT2D eigenvalue weighted by Crippen LogP contribution is -2.05. The molecule has 8 heteroatoms. The van der Waals surface area contributed by atoms with E-state index in [-0.39, 0.29) is 10.6 Å². The van der Waals surface area contributed by atoms with Crippen molar-refractivity contribution in [2.45, 2.75) is 13.5 Å². The summed E-state index contributed by atoms with van der Waals surface area (Å²) in [4.78, 5) is 27.7. The molecule has 94 valence electrons. The number of rotatable bonds is 4. The Morgan fingerprint density at radius 3 is 2.89 bits per heavy atom. The molecular formula is C10H10N4O3S. The average molecular weight is 266 g/mol. The molecule has 0 aliphatic rings. The zero-order valence-electron chi connectivity index (χ0n) is 9.47. The molecule has 2 aromatic rings. The highest BCUT2D eigenvalue weighted by molar-refractivity contribution is 7.07. The van der Waals surface area contributed by atoms with Crippen LogP contribution in [0.3, 0.4) is 0 Å². The molecular weight excluding hydrogens is 256 g/mol. The molecule has 0 aromatic carbocycles. The molecule has 2 rings (SSSR count). The summed E-state index contributed by atoms with van der Waals surface area (Å²) in [6.07, 6.45) is 0. The van der Waals surface area contributed by atoms with Crippen LogP contribution in [0.2, 0.25) is 0 Å². The molecule has 2 aromatic heterocycles. The van der Waals surface area contributed by atoms with Crippen molar-refractivity contribution in [2.24, 2.45) is 0 Å². The molecule has 0 atom stereocenters. The van der Waals surface area contributed by atoms with Gasteiger partial charge in [0.1, 0.15) is 11.5 Å². The minimum Gasteiger partial charge on any atom is -0.364 e. The first kappa shape index (κ1) is 12.2. The van der Waals surface area contributed by atoms with Crippen molar-refractivity contribution >= 4 is 22.8 Å². The van der Waals surface area contributed by atoms with E-state index >= 15 is 0 Å². The summed E-state index contributed by atoms with van der Waals surface area (Å²) in [6, 6.07) is 2.94. The SMILES string of the molecule is Cc1nc(NCc2csc(=O)[nH]2)ccc1[N+](=O)[O-]. The van der Waals surface area contributed by atoms with Gasteiger partial charge in [-0.25, -0.2) is 4.98 Å². The van der Waals surface area contributed by atoms with Gasteiger partial charge >= 0.3 is 4.87 Å². The highest BCUT2D eigenvalue weighted by Gasteiger charge is 2.11. The molecule has 0 aliphatic heterocycles. The maximum absolute atomic E-state index is 10.9. The molecule has 0 radical (unpaired) electrons. The molecule has 0 spiro atoms. The van der Waals surface area contributed by atoms with Crippen LogP contribution in [0.5, 0.6) is 0 Å². The van der Waals surface area contributed by atoms with E-state index in [1.807, 2.05) is 0 Å². The standard InChI is InChI=1S/C10H10N4O3S/c1-6-8(14(16)17)2-3-9(12-6)11-4-7-5-18-10(15)13-7/h2-3,5H,4H2,1H3,(H,11,12)(H,13,15). The number of aromatic nitrogens is 2. The van der Waals surface area contributed by atoms with Gasteiger partial charge in [0.2, 0.25) is 0 Å². The lowest BCUT2D eigenvalue weighted by Gasteiger charge is -2.04. The smallest absolute Gasteiger partial charge is 0.304 e. The molecule has 7 nitrogen and oxygen atoms in total. The highest BCUT2D eigenvalue weighted by Crippen LogP contribution is 2.18. The summed E-state index contributed by atoms with van der Waals surface area (Å²) < 4.78 is 0. The summed E-state index contributed by atoms with van der Waals surface area (Å²) >= 11 is 1.09. The molecule has 0 bridgehead atoms. The second-order valence-corrected chi connectivity index (χ2v) is 4.43. The van der Waals surface area contributed by atoms with Crippen LogP contribution >= 0.6 is 11.3 Å². The zero-order chi connectivity index (χ0) is 13.1. The second kappa shape index (κ2) is 4.96. The van der Waals surface area contributed by atoms with Gasteiger partial charge < -0.3 is 10.3 Å². The Balaban J connectivity index is 2.08. The van der Waals surface area contributed by atoms with Crippen molar-refractivity contribution in [2.75, 3.05) is 5.32 Å². The van der Waals surface area contributed by atoms with E-state index in [0.29, 0.717) is 18.1 Å². The molecule has 0 amide bonds. The van der Waals surface area contributed by atoms with Gasteiger partial charge in [-0.3, -0.25) is 14.9 Å². The van der Waals surface area contributed by atoms with Crippen LogP contribution in [0.4, 0.5) is 11.5 Å². The summed E-state index contributed by atoms with van der Waals surface area (Å²) in [5.41, 5.74) is 1.09. The van der Waals surface area contributed by atoms with Crippen LogP contribution in [-0.4, -0.2) is 14.9 Å². The van der Waals surface area contributed by atoms with E-state index in [4.69, 9.17) is 0 Å². The number of hydrogen-bond acceptors (Lipinski definition) is 6. The van der Waals surface area contributed by atoms with Crippen LogP contribution in [0.15, 0.2) is 22.3 Å². The third-order valence-electron chi connectivity index (χ3n) is 2.29. The maximum Gasteiger partial charge on any atom is 0.304 e. The van der Waals surface area contributed by atoms with Gasteiger partial charge in [-0.15, -0.1) is 0 Å². The van der Waals surface area contributed by atoms with Crippen molar-refractivity contribution in [3.8, 4) is 0 Å². The Bertz CT molecular complexity index is 634. The molecule has 0 fully saturated rings. The normalized spacial score (nSPS) is 10.3. The molecule has 0 saturated carbocycles. The minimum atomic E-state index is -0.470. The largest absolute Gasteiger partial charge is 0.364 e. The fourth-order valence-corrected chi connectivity index (χ4v) is 2.01. The summed E-state index contributed by atoms with van der Waals surface area (Å²) in [5.74, 6) is 0.533. The van der Waals surface area contributed by atoms with Gasteiger partial charge in [-0.2, -0.15) is 0 Å². The van der Waals surface area contributed by atoms with Gasteiger partial charge in [0.05, 0.1) is 11.5 Å². The number of nitrogens with one attached hydrogen (secondary N) is 2. The summed E-state index contributed by atoms with van der Waals surface area (Å²) in [5, 5.41) is 15.3. The van der Waals surface area contributed by atoms with Crippen LogP contribution < -0.4 is 10.2 Å². The van der Waals surface area contributed by atoms with E-state index in [2.05, 4.69) is 15.3 Å². The first-order valence-electron chi connectivity index (χ1n) is 5.09. The number of aryl methyl sites for hydroxylation is 1. The van der Waals surface area contributed by atoms with Crippen molar-refractivity contribution in [3.05, 3.63) is 48.7 Å². The second-order valence-electron chi connectivity index (χ2n) is 3.59.